The van der Waals surface area contributed by atoms with Gasteiger partial charge in [0.25, 0.3) is 5.91 Å². The maximum Gasteiger partial charge on any atom is 0.267 e. The van der Waals surface area contributed by atoms with Crippen molar-refractivity contribution in [1.29, 1.82) is 5.26 Å². The minimum Gasteiger partial charge on any atom is -0.506 e. The van der Waals surface area contributed by atoms with E-state index in [0.29, 0.717) is 16.4 Å². The van der Waals surface area contributed by atoms with Crippen molar-refractivity contribution in [2.75, 3.05) is 10.6 Å². The average molecular weight is 342 g/mol. The van der Waals surface area contributed by atoms with Crippen LogP contribution in [0.4, 0.5) is 11.4 Å². The molecule has 3 N–H and O–H groups in total. The second-order valence-corrected chi connectivity index (χ2v) is 5.68. The second kappa shape index (κ2) is 7.53. The molecular formula is C18H16ClN3O2. The van der Waals surface area contributed by atoms with Crippen molar-refractivity contribution in [3.8, 4) is 11.8 Å². The number of nitrogens with one attached hydrogen (secondary N) is 2. The van der Waals surface area contributed by atoms with Crippen molar-refractivity contribution in [2.24, 2.45) is 0 Å². The molecule has 24 heavy (non-hydrogen) atoms. The number of aryl methyl sites for hydroxylation is 2. The first kappa shape index (κ1) is 17.4. The summed E-state index contributed by atoms with van der Waals surface area (Å²) in [5.41, 5.74) is 2.53. The number of hydrogen-bond donors (Lipinski definition) is 3. The van der Waals surface area contributed by atoms with E-state index in [1.807, 2.05) is 19.9 Å². The Kier molecular flexibility index (Phi) is 5.46. The number of hydrogen-bond acceptors (Lipinski definition) is 4. The third kappa shape index (κ3) is 4.28. The predicted octanol–water partition coefficient (Wildman–Crippen LogP) is 4.12. The molecule has 0 saturated carbocycles. The first-order chi connectivity index (χ1) is 11.4. The van der Waals surface area contributed by atoms with Gasteiger partial charge in [0.15, 0.2) is 0 Å². The Labute approximate surface area is 145 Å². The Bertz CT molecular complexity index is 854. The van der Waals surface area contributed by atoms with Gasteiger partial charge in [-0.3, -0.25) is 4.79 Å². The van der Waals surface area contributed by atoms with E-state index in [9.17, 15) is 15.2 Å². The zero-order chi connectivity index (χ0) is 17.7. The van der Waals surface area contributed by atoms with Crippen LogP contribution >= 0.6 is 11.6 Å². The molecule has 0 radical (unpaired) electrons. The molecule has 0 atom stereocenters. The maximum absolute atomic E-state index is 12.2. The van der Waals surface area contributed by atoms with Crippen LogP contribution in [0.25, 0.3) is 0 Å². The fraction of sp³-hybridized carbons (Fsp3) is 0.111. The SMILES string of the molecule is Cc1ccc(N/C=C(/C#N)C(=O)Nc2cc(Cl)ccc2C)c(O)c1. The number of rotatable bonds is 4. The molecule has 0 fully saturated rings. The van der Waals surface area contributed by atoms with Crippen molar-refractivity contribution in [3.63, 3.8) is 0 Å². The molecule has 0 aliphatic carbocycles. The number of carbonyl (C=O) groups is 1. The number of amides is 1. The van der Waals surface area contributed by atoms with Crippen LogP contribution in [0.1, 0.15) is 11.1 Å². The molecule has 2 rings (SSSR count). The molecule has 0 aliphatic heterocycles. The Morgan fingerprint density at radius 2 is 1.96 bits per heavy atom. The lowest BCUT2D eigenvalue weighted by Gasteiger charge is -2.09. The summed E-state index contributed by atoms with van der Waals surface area (Å²) >= 11 is 5.91. The van der Waals surface area contributed by atoms with Crippen molar-refractivity contribution >= 4 is 28.9 Å². The Hall–Kier alpha value is -2.97. The molecular weight excluding hydrogens is 326 g/mol. The molecule has 122 valence electrons. The number of phenolic OH excluding ortho intramolecular Hbond substituents is 1. The fourth-order valence-electron chi connectivity index (χ4n) is 1.98. The van der Waals surface area contributed by atoms with E-state index in [4.69, 9.17) is 11.6 Å². The van der Waals surface area contributed by atoms with Gasteiger partial charge in [0.1, 0.15) is 17.4 Å². The third-order valence-corrected chi connectivity index (χ3v) is 3.57. The summed E-state index contributed by atoms with van der Waals surface area (Å²) in [5.74, 6) is -0.531. The van der Waals surface area contributed by atoms with Crippen molar-refractivity contribution < 1.29 is 9.90 Å². The highest BCUT2D eigenvalue weighted by Crippen LogP contribution is 2.24. The van der Waals surface area contributed by atoms with Crippen LogP contribution in [0, 0.1) is 25.2 Å². The summed E-state index contributed by atoms with van der Waals surface area (Å²) in [6.45, 7) is 3.67. The smallest absolute Gasteiger partial charge is 0.267 e. The van der Waals surface area contributed by atoms with Gasteiger partial charge in [0.2, 0.25) is 0 Å². The Morgan fingerprint density at radius 1 is 1.21 bits per heavy atom. The lowest BCUT2D eigenvalue weighted by Crippen LogP contribution is -2.15. The van der Waals surface area contributed by atoms with Crippen molar-refractivity contribution in [1.82, 2.24) is 0 Å². The lowest BCUT2D eigenvalue weighted by atomic mass is 10.2. The minimum atomic E-state index is -0.568. The number of halogens is 1. The van der Waals surface area contributed by atoms with E-state index < -0.39 is 5.91 Å². The summed E-state index contributed by atoms with van der Waals surface area (Å²) in [5, 5.41) is 24.9. The van der Waals surface area contributed by atoms with E-state index in [1.165, 1.54) is 6.20 Å². The summed E-state index contributed by atoms with van der Waals surface area (Å²) in [7, 11) is 0. The van der Waals surface area contributed by atoms with Crippen LogP contribution in [-0.2, 0) is 4.79 Å². The number of nitriles is 1. The highest BCUT2D eigenvalue weighted by Gasteiger charge is 2.11. The molecule has 6 heteroatoms. The van der Waals surface area contributed by atoms with E-state index in [0.717, 1.165) is 11.1 Å². The molecule has 0 saturated heterocycles. The second-order valence-electron chi connectivity index (χ2n) is 5.25. The number of anilines is 2. The van der Waals surface area contributed by atoms with Gasteiger partial charge in [-0.05, 0) is 49.2 Å². The van der Waals surface area contributed by atoms with Crippen LogP contribution < -0.4 is 10.6 Å². The molecule has 2 aromatic carbocycles. The van der Waals surface area contributed by atoms with Gasteiger partial charge in [-0.1, -0.05) is 23.7 Å². The van der Waals surface area contributed by atoms with E-state index in [-0.39, 0.29) is 11.3 Å². The zero-order valence-electron chi connectivity index (χ0n) is 13.2. The van der Waals surface area contributed by atoms with Crippen LogP contribution in [0.3, 0.4) is 0 Å². The predicted molar refractivity (Wildman–Crippen MR) is 95.0 cm³/mol. The molecule has 0 bridgehead atoms. The normalized spacial score (nSPS) is 10.8. The summed E-state index contributed by atoms with van der Waals surface area (Å²) in [6.07, 6.45) is 1.25. The standard InChI is InChI=1S/C18H16ClN3O2/c1-11-3-6-15(17(23)7-11)21-10-13(9-20)18(24)22-16-8-14(19)5-4-12(16)2/h3-8,10,21,23H,1-2H3,(H,22,24)/b13-10-. The number of nitrogens with zero attached hydrogens (tertiary/aromatic N) is 1. The van der Waals surface area contributed by atoms with Crippen molar-refractivity contribution in [2.45, 2.75) is 13.8 Å². The molecule has 2 aromatic rings. The Morgan fingerprint density at radius 3 is 2.62 bits per heavy atom. The van der Waals surface area contributed by atoms with Gasteiger partial charge in [-0.25, -0.2) is 0 Å². The number of carbonyl (C=O) groups excluding carboxylic acids is 1. The molecule has 0 spiro atoms. The topological polar surface area (TPSA) is 85.2 Å². The molecule has 0 aliphatic rings. The Balaban J connectivity index is 2.16. The number of benzene rings is 2. The van der Waals surface area contributed by atoms with E-state index in [1.54, 1.807) is 36.4 Å². The van der Waals surface area contributed by atoms with E-state index >= 15 is 0 Å². The number of phenols is 1. The maximum atomic E-state index is 12.2. The van der Waals surface area contributed by atoms with Gasteiger partial charge < -0.3 is 15.7 Å². The monoisotopic (exact) mass is 341 g/mol. The zero-order valence-corrected chi connectivity index (χ0v) is 14.0. The van der Waals surface area contributed by atoms with Gasteiger partial charge in [-0.15, -0.1) is 0 Å². The third-order valence-electron chi connectivity index (χ3n) is 3.34. The van der Waals surface area contributed by atoms with Gasteiger partial charge >= 0.3 is 0 Å². The molecule has 0 aromatic heterocycles. The minimum absolute atomic E-state index is 0.0367. The van der Waals surface area contributed by atoms with Crippen LogP contribution in [-0.4, -0.2) is 11.0 Å². The molecule has 5 nitrogen and oxygen atoms in total. The van der Waals surface area contributed by atoms with Gasteiger partial charge in [-0.2, -0.15) is 5.26 Å². The van der Waals surface area contributed by atoms with Crippen LogP contribution in [0.2, 0.25) is 5.02 Å². The first-order valence-electron chi connectivity index (χ1n) is 7.14. The highest BCUT2D eigenvalue weighted by atomic mass is 35.5. The van der Waals surface area contributed by atoms with Crippen LogP contribution in [0.15, 0.2) is 48.2 Å². The van der Waals surface area contributed by atoms with Gasteiger partial charge in [0.05, 0.1) is 5.69 Å². The lowest BCUT2D eigenvalue weighted by molar-refractivity contribution is -0.112. The van der Waals surface area contributed by atoms with Crippen LogP contribution in [0.5, 0.6) is 5.75 Å². The molecule has 0 heterocycles. The van der Waals surface area contributed by atoms with Crippen molar-refractivity contribution in [3.05, 3.63) is 64.3 Å². The van der Waals surface area contributed by atoms with E-state index in [2.05, 4.69) is 10.6 Å². The average Bonchev–Trinajstić information content (AvgIpc) is 2.53. The van der Waals surface area contributed by atoms with Gasteiger partial charge in [0, 0.05) is 16.9 Å². The summed E-state index contributed by atoms with van der Waals surface area (Å²) in [4.78, 5) is 12.2. The summed E-state index contributed by atoms with van der Waals surface area (Å²) in [6, 6.07) is 12.0. The molecule has 0 unspecified atom stereocenters. The quantitative estimate of drug-likeness (QED) is 0.443. The summed E-state index contributed by atoms with van der Waals surface area (Å²) < 4.78 is 0. The highest BCUT2D eigenvalue weighted by molar-refractivity contribution is 6.31. The fourth-order valence-corrected chi connectivity index (χ4v) is 2.15. The largest absolute Gasteiger partial charge is 0.506 e. The molecule has 1 amide bonds. The number of aromatic hydroxyl groups is 1. The first-order valence-corrected chi connectivity index (χ1v) is 7.52.